The quantitative estimate of drug-likeness (QED) is 0.683. The Balaban J connectivity index is 1.35. The molecule has 1 saturated heterocycles. The number of carbonyl (C=O) groups excluding carboxylic acids is 2. The predicted molar refractivity (Wildman–Crippen MR) is 117 cm³/mol. The van der Waals surface area contributed by atoms with Gasteiger partial charge in [0.05, 0.1) is 6.42 Å². The van der Waals surface area contributed by atoms with Gasteiger partial charge in [0, 0.05) is 42.0 Å². The lowest BCUT2D eigenvalue weighted by Crippen LogP contribution is -2.38. The average Bonchev–Trinajstić information content (AvgIpc) is 2.81. The molecule has 0 aliphatic carbocycles. The van der Waals surface area contributed by atoms with Gasteiger partial charge in [-0.2, -0.15) is 0 Å². The summed E-state index contributed by atoms with van der Waals surface area (Å²) in [5.74, 6) is -0.369. The van der Waals surface area contributed by atoms with Gasteiger partial charge in [-0.05, 0) is 54.3 Å². The van der Waals surface area contributed by atoms with Crippen LogP contribution in [-0.4, -0.2) is 34.8 Å². The monoisotopic (exact) mass is 417 g/mol. The van der Waals surface area contributed by atoms with Crippen molar-refractivity contribution in [1.29, 1.82) is 0 Å². The number of likely N-dealkylation sites (tertiary alicyclic amines) is 1. The van der Waals surface area contributed by atoms with Crippen molar-refractivity contribution in [3.8, 4) is 11.1 Å². The van der Waals surface area contributed by atoms with E-state index in [0.717, 1.165) is 35.2 Å². The first kappa shape index (κ1) is 20.7. The van der Waals surface area contributed by atoms with Crippen LogP contribution in [0.2, 0.25) is 0 Å². The number of carbonyl (C=O) groups is 2. The van der Waals surface area contributed by atoms with Crippen LogP contribution in [-0.2, 0) is 11.2 Å². The van der Waals surface area contributed by atoms with E-state index in [2.05, 4.69) is 4.98 Å². The summed E-state index contributed by atoms with van der Waals surface area (Å²) in [5, 5.41) is 0. The number of halogens is 1. The Bertz CT molecular complexity index is 1070. The molecule has 0 spiro atoms. The molecule has 0 atom stereocenters. The smallest absolute Gasteiger partial charge is 0.248 e. The van der Waals surface area contributed by atoms with Gasteiger partial charge in [0.15, 0.2) is 0 Å². The van der Waals surface area contributed by atoms with E-state index in [1.54, 1.807) is 24.3 Å². The molecule has 4 rings (SSSR count). The van der Waals surface area contributed by atoms with Crippen molar-refractivity contribution in [3.63, 3.8) is 0 Å². The number of hydrogen-bond donors (Lipinski definition) is 1. The molecular formula is C25H24FN3O2. The van der Waals surface area contributed by atoms with E-state index in [1.807, 2.05) is 35.4 Å². The highest BCUT2D eigenvalue weighted by molar-refractivity contribution is 5.94. The summed E-state index contributed by atoms with van der Waals surface area (Å²) in [5.41, 5.74) is 9.51. The number of amides is 2. The molecule has 0 bridgehead atoms. The maximum Gasteiger partial charge on any atom is 0.248 e. The molecule has 6 heteroatoms. The van der Waals surface area contributed by atoms with E-state index < -0.39 is 5.91 Å². The normalized spacial score (nSPS) is 14.4. The first-order chi connectivity index (χ1) is 15.0. The van der Waals surface area contributed by atoms with Crippen molar-refractivity contribution in [2.75, 3.05) is 13.1 Å². The molecule has 0 saturated carbocycles. The fourth-order valence-corrected chi connectivity index (χ4v) is 3.98. The number of pyridine rings is 1. The van der Waals surface area contributed by atoms with E-state index in [0.29, 0.717) is 31.0 Å². The fraction of sp³-hybridized carbons (Fsp3) is 0.240. The predicted octanol–water partition coefficient (Wildman–Crippen LogP) is 3.94. The fourth-order valence-electron chi connectivity index (χ4n) is 3.98. The van der Waals surface area contributed by atoms with E-state index >= 15 is 0 Å². The second-order valence-electron chi connectivity index (χ2n) is 7.88. The molecule has 0 radical (unpaired) electrons. The number of rotatable bonds is 5. The van der Waals surface area contributed by atoms with Gasteiger partial charge in [0.25, 0.3) is 0 Å². The number of hydrogen-bond acceptors (Lipinski definition) is 3. The first-order valence-corrected chi connectivity index (χ1v) is 10.4. The van der Waals surface area contributed by atoms with Crippen molar-refractivity contribution in [2.45, 2.75) is 25.2 Å². The largest absolute Gasteiger partial charge is 0.366 e. The third-order valence-corrected chi connectivity index (χ3v) is 5.80. The number of aromatic nitrogens is 1. The number of nitrogens with zero attached hydrogens (tertiary/aromatic N) is 2. The summed E-state index contributed by atoms with van der Waals surface area (Å²) in [6.07, 6.45) is 3.83. The SMILES string of the molecule is NC(=O)c1cccc(-c2ccc(C3CCN(C(=O)Cc4ccc(F)cc4)CC3)nc2)c1. The lowest BCUT2D eigenvalue weighted by atomic mass is 9.92. The van der Waals surface area contributed by atoms with Crippen LogP contribution in [0.15, 0.2) is 66.9 Å². The molecule has 0 unspecified atom stereocenters. The highest BCUT2D eigenvalue weighted by Gasteiger charge is 2.24. The standard InChI is InChI=1S/C25H24FN3O2/c26-22-7-4-17(5-8-22)14-24(30)29-12-10-18(11-13-29)23-9-6-21(16-28-23)19-2-1-3-20(15-19)25(27)31/h1-9,15-16,18H,10-14H2,(H2,27,31). The average molecular weight is 417 g/mol. The molecule has 1 aromatic heterocycles. The van der Waals surface area contributed by atoms with Gasteiger partial charge in [0.2, 0.25) is 11.8 Å². The zero-order chi connectivity index (χ0) is 21.8. The summed E-state index contributed by atoms with van der Waals surface area (Å²) in [6.45, 7) is 1.38. The Kier molecular flexibility index (Phi) is 6.07. The topological polar surface area (TPSA) is 76.3 Å². The second kappa shape index (κ2) is 9.08. The van der Waals surface area contributed by atoms with Crippen LogP contribution in [0.4, 0.5) is 4.39 Å². The van der Waals surface area contributed by atoms with Crippen molar-refractivity contribution >= 4 is 11.8 Å². The van der Waals surface area contributed by atoms with Gasteiger partial charge in [-0.15, -0.1) is 0 Å². The first-order valence-electron chi connectivity index (χ1n) is 10.4. The van der Waals surface area contributed by atoms with E-state index in [-0.39, 0.29) is 11.7 Å². The van der Waals surface area contributed by atoms with Gasteiger partial charge in [0.1, 0.15) is 5.82 Å². The molecule has 2 N–H and O–H groups in total. The maximum atomic E-state index is 13.0. The summed E-state index contributed by atoms with van der Waals surface area (Å²) in [4.78, 5) is 30.5. The molecule has 3 aromatic rings. The Morgan fingerprint density at radius 1 is 1.00 bits per heavy atom. The Hall–Kier alpha value is -3.54. The lowest BCUT2D eigenvalue weighted by Gasteiger charge is -2.32. The van der Waals surface area contributed by atoms with Crippen LogP contribution in [0, 0.1) is 5.82 Å². The van der Waals surface area contributed by atoms with E-state index in [4.69, 9.17) is 5.73 Å². The molecular weight excluding hydrogens is 393 g/mol. The molecule has 1 fully saturated rings. The van der Waals surface area contributed by atoms with Crippen molar-refractivity contribution in [2.24, 2.45) is 5.73 Å². The van der Waals surface area contributed by atoms with Gasteiger partial charge in [-0.25, -0.2) is 4.39 Å². The summed E-state index contributed by atoms with van der Waals surface area (Å²) < 4.78 is 13.0. The summed E-state index contributed by atoms with van der Waals surface area (Å²) >= 11 is 0. The Morgan fingerprint density at radius 2 is 1.74 bits per heavy atom. The van der Waals surface area contributed by atoms with Gasteiger partial charge in [-0.3, -0.25) is 14.6 Å². The minimum absolute atomic E-state index is 0.0719. The summed E-state index contributed by atoms with van der Waals surface area (Å²) in [6, 6.07) is 17.3. The minimum Gasteiger partial charge on any atom is -0.366 e. The van der Waals surface area contributed by atoms with Crippen LogP contribution in [0.3, 0.4) is 0 Å². The highest BCUT2D eigenvalue weighted by Crippen LogP contribution is 2.28. The van der Waals surface area contributed by atoms with Gasteiger partial charge in [-0.1, -0.05) is 30.3 Å². The van der Waals surface area contributed by atoms with Gasteiger partial charge < -0.3 is 10.6 Å². The van der Waals surface area contributed by atoms with Crippen molar-refractivity contribution in [1.82, 2.24) is 9.88 Å². The van der Waals surface area contributed by atoms with Crippen molar-refractivity contribution in [3.05, 3.63) is 89.5 Å². The second-order valence-corrected chi connectivity index (χ2v) is 7.88. The maximum absolute atomic E-state index is 13.0. The molecule has 1 aliphatic heterocycles. The molecule has 31 heavy (non-hydrogen) atoms. The zero-order valence-corrected chi connectivity index (χ0v) is 17.1. The van der Waals surface area contributed by atoms with Crippen molar-refractivity contribution < 1.29 is 14.0 Å². The lowest BCUT2D eigenvalue weighted by molar-refractivity contribution is -0.131. The molecule has 5 nitrogen and oxygen atoms in total. The van der Waals surface area contributed by atoms with Gasteiger partial charge >= 0.3 is 0 Å². The number of primary amides is 1. The minimum atomic E-state index is -0.452. The van der Waals surface area contributed by atoms with Crippen LogP contribution in [0.25, 0.3) is 11.1 Å². The zero-order valence-electron chi connectivity index (χ0n) is 17.1. The van der Waals surface area contributed by atoms with Crippen LogP contribution in [0.1, 0.15) is 40.4 Å². The molecule has 158 valence electrons. The van der Waals surface area contributed by atoms with E-state index in [1.165, 1.54) is 12.1 Å². The molecule has 1 aliphatic rings. The van der Waals surface area contributed by atoms with Crippen LogP contribution < -0.4 is 5.73 Å². The van der Waals surface area contributed by atoms with E-state index in [9.17, 15) is 14.0 Å². The third-order valence-electron chi connectivity index (χ3n) is 5.80. The molecule has 2 aromatic carbocycles. The third kappa shape index (κ3) is 4.97. The highest BCUT2D eigenvalue weighted by atomic mass is 19.1. The number of nitrogens with two attached hydrogens (primary N) is 1. The Morgan fingerprint density at radius 3 is 2.39 bits per heavy atom. The van der Waals surface area contributed by atoms with Crippen LogP contribution in [0.5, 0.6) is 0 Å². The number of piperidine rings is 1. The summed E-state index contributed by atoms with van der Waals surface area (Å²) in [7, 11) is 0. The number of benzene rings is 2. The Labute approximate surface area is 180 Å². The molecule has 2 heterocycles. The van der Waals surface area contributed by atoms with Crippen LogP contribution >= 0.6 is 0 Å². The molecule has 2 amide bonds.